The minimum atomic E-state index is 0.192. The van der Waals surface area contributed by atoms with Gasteiger partial charge in [-0.1, -0.05) is 6.07 Å². The first kappa shape index (κ1) is 12.6. The Balaban J connectivity index is 1.90. The molecule has 94 valence electrons. The molecule has 1 aliphatic rings. The van der Waals surface area contributed by atoms with Gasteiger partial charge in [-0.2, -0.15) is 0 Å². The summed E-state index contributed by atoms with van der Waals surface area (Å²) < 4.78 is 0. The fourth-order valence-corrected chi connectivity index (χ4v) is 3.04. The largest absolute Gasteiger partial charge is 0.338 e. The van der Waals surface area contributed by atoms with Crippen LogP contribution in [0.3, 0.4) is 0 Å². The highest BCUT2D eigenvalue weighted by molar-refractivity contribution is 7.10. The molecule has 2 unspecified atom stereocenters. The van der Waals surface area contributed by atoms with Crippen molar-refractivity contribution in [3.8, 4) is 0 Å². The van der Waals surface area contributed by atoms with Crippen molar-refractivity contribution in [1.82, 2.24) is 10.2 Å². The highest BCUT2D eigenvalue weighted by Crippen LogP contribution is 2.25. The third-order valence-electron chi connectivity index (χ3n) is 3.55. The van der Waals surface area contributed by atoms with E-state index in [0.29, 0.717) is 12.3 Å². The number of thiophene rings is 1. The number of nitrogens with zero attached hydrogens (tertiary/aromatic N) is 1. The van der Waals surface area contributed by atoms with E-state index >= 15 is 0 Å². The Labute approximate surface area is 107 Å². The van der Waals surface area contributed by atoms with Gasteiger partial charge in [0.1, 0.15) is 0 Å². The van der Waals surface area contributed by atoms with Crippen molar-refractivity contribution in [2.45, 2.75) is 25.8 Å². The van der Waals surface area contributed by atoms with Crippen LogP contribution in [0.15, 0.2) is 17.5 Å². The van der Waals surface area contributed by atoms with Crippen molar-refractivity contribution in [3.05, 3.63) is 22.4 Å². The molecule has 2 heterocycles. The molecule has 1 aliphatic heterocycles. The molecule has 2 rings (SSSR count). The third-order valence-corrected chi connectivity index (χ3v) is 4.60. The molecule has 1 N–H and O–H groups in total. The summed E-state index contributed by atoms with van der Waals surface area (Å²) in [5.74, 6) is 0.792. The van der Waals surface area contributed by atoms with E-state index < -0.39 is 0 Å². The predicted octanol–water partition coefficient (Wildman–Crippen LogP) is 2.27. The van der Waals surface area contributed by atoms with E-state index in [9.17, 15) is 4.79 Å². The highest BCUT2D eigenvalue weighted by Gasteiger charge is 2.23. The van der Waals surface area contributed by atoms with E-state index in [2.05, 4.69) is 23.7 Å². The molecule has 1 amide bonds. The van der Waals surface area contributed by atoms with E-state index in [1.807, 2.05) is 18.0 Å². The van der Waals surface area contributed by atoms with Crippen LogP contribution in [0, 0.1) is 5.92 Å². The Morgan fingerprint density at radius 2 is 2.53 bits per heavy atom. The topological polar surface area (TPSA) is 32.3 Å². The third kappa shape index (κ3) is 3.07. The van der Waals surface area contributed by atoms with Crippen LogP contribution in [-0.4, -0.2) is 30.9 Å². The first-order valence-electron chi connectivity index (χ1n) is 6.18. The zero-order chi connectivity index (χ0) is 12.3. The van der Waals surface area contributed by atoms with Crippen molar-refractivity contribution in [2.24, 2.45) is 5.92 Å². The average molecular weight is 252 g/mol. The Hall–Kier alpha value is -0.870. The van der Waals surface area contributed by atoms with E-state index in [0.717, 1.165) is 19.5 Å². The summed E-state index contributed by atoms with van der Waals surface area (Å²) >= 11 is 1.71. The molecule has 4 heteroatoms. The lowest BCUT2D eigenvalue weighted by Gasteiger charge is -2.25. The molecule has 0 radical (unpaired) electrons. The normalized spacial score (nSPS) is 21.4. The molecular formula is C13H20N2OS. The van der Waals surface area contributed by atoms with Gasteiger partial charge in [-0.25, -0.2) is 0 Å². The molecule has 3 nitrogen and oxygen atoms in total. The molecule has 1 fully saturated rings. The fraction of sp³-hybridized carbons (Fsp3) is 0.615. The number of carbonyl (C=O) groups is 1. The molecule has 0 aliphatic carbocycles. The monoisotopic (exact) mass is 252 g/mol. The molecule has 0 spiro atoms. The Bertz CT molecular complexity index is 358. The van der Waals surface area contributed by atoms with Crippen LogP contribution >= 0.6 is 11.3 Å². The molecule has 0 bridgehead atoms. The number of hydrogen-bond donors (Lipinski definition) is 1. The molecular weight excluding hydrogens is 232 g/mol. The van der Waals surface area contributed by atoms with Gasteiger partial charge in [-0.15, -0.1) is 11.3 Å². The van der Waals surface area contributed by atoms with Crippen molar-refractivity contribution >= 4 is 17.2 Å². The summed E-state index contributed by atoms with van der Waals surface area (Å²) in [5.41, 5.74) is 0. The molecule has 1 saturated heterocycles. The summed E-state index contributed by atoms with van der Waals surface area (Å²) in [5, 5.41) is 5.37. The second kappa shape index (κ2) is 5.65. The summed E-state index contributed by atoms with van der Waals surface area (Å²) in [4.78, 5) is 15.3. The van der Waals surface area contributed by atoms with E-state index in [1.54, 1.807) is 11.3 Å². The Kier molecular flexibility index (Phi) is 4.18. The standard InChI is InChI=1S/C13H20N2OS/c1-10(12-4-3-7-17-12)15(2)13(16)8-11-5-6-14-9-11/h3-4,7,10-11,14H,5-6,8-9H2,1-2H3. The average Bonchev–Trinajstić information content (AvgIpc) is 2.99. The first-order chi connectivity index (χ1) is 8.18. The number of carbonyl (C=O) groups excluding carboxylic acids is 1. The quantitative estimate of drug-likeness (QED) is 0.891. The summed E-state index contributed by atoms with van der Waals surface area (Å²) in [7, 11) is 1.91. The van der Waals surface area contributed by atoms with Crippen molar-refractivity contribution in [1.29, 1.82) is 0 Å². The minimum Gasteiger partial charge on any atom is -0.338 e. The van der Waals surface area contributed by atoms with Crippen LogP contribution in [0.5, 0.6) is 0 Å². The van der Waals surface area contributed by atoms with Crippen molar-refractivity contribution < 1.29 is 4.79 Å². The number of rotatable bonds is 4. The van der Waals surface area contributed by atoms with Gasteiger partial charge in [0.2, 0.25) is 5.91 Å². The van der Waals surface area contributed by atoms with E-state index in [4.69, 9.17) is 0 Å². The summed E-state index contributed by atoms with van der Waals surface area (Å²) in [6, 6.07) is 4.32. The van der Waals surface area contributed by atoms with Gasteiger partial charge < -0.3 is 10.2 Å². The van der Waals surface area contributed by atoms with Gasteiger partial charge in [-0.3, -0.25) is 4.79 Å². The highest BCUT2D eigenvalue weighted by atomic mass is 32.1. The Morgan fingerprint density at radius 3 is 3.12 bits per heavy atom. The van der Waals surface area contributed by atoms with Gasteiger partial charge in [0.05, 0.1) is 6.04 Å². The molecule has 1 aromatic heterocycles. The fourth-order valence-electron chi connectivity index (χ4n) is 2.22. The molecule has 0 saturated carbocycles. The first-order valence-corrected chi connectivity index (χ1v) is 7.06. The zero-order valence-corrected chi connectivity index (χ0v) is 11.3. The van der Waals surface area contributed by atoms with Crippen molar-refractivity contribution in [3.63, 3.8) is 0 Å². The second-order valence-electron chi connectivity index (χ2n) is 4.76. The molecule has 0 aromatic carbocycles. The SMILES string of the molecule is CC(c1cccs1)N(C)C(=O)CC1CCNC1. The van der Waals surface area contributed by atoms with Gasteiger partial charge in [-0.05, 0) is 43.8 Å². The minimum absolute atomic E-state index is 0.192. The van der Waals surface area contributed by atoms with Crippen LogP contribution in [0.25, 0.3) is 0 Å². The molecule has 2 atom stereocenters. The maximum absolute atomic E-state index is 12.1. The summed E-state index contributed by atoms with van der Waals surface area (Å²) in [6.07, 6.45) is 1.81. The molecule has 17 heavy (non-hydrogen) atoms. The van der Waals surface area contributed by atoms with Gasteiger partial charge >= 0.3 is 0 Å². The smallest absolute Gasteiger partial charge is 0.223 e. The molecule has 1 aromatic rings. The van der Waals surface area contributed by atoms with E-state index in [-0.39, 0.29) is 11.9 Å². The summed E-state index contributed by atoms with van der Waals surface area (Å²) in [6.45, 7) is 4.14. The predicted molar refractivity (Wildman–Crippen MR) is 71.1 cm³/mol. The van der Waals surface area contributed by atoms with Crippen LogP contribution in [-0.2, 0) is 4.79 Å². The van der Waals surface area contributed by atoms with Crippen LogP contribution < -0.4 is 5.32 Å². The number of hydrogen-bond acceptors (Lipinski definition) is 3. The van der Waals surface area contributed by atoms with Crippen LogP contribution in [0.2, 0.25) is 0 Å². The lowest BCUT2D eigenvalue weighted by molar-refractivity contribution is -0.132. The van der Waals surface area contributed by atoms with Gasteiger partial charge in [0.25, 0.3) is 0 Å². The number of nitrogens with one attached hydrogen (secondary N) is 1. The second-order valence-corrected chi connectivity index (χ2v) is 5.74. The van der Waals surface area contributed by atoms with Crippen LogP contribution in [0.4, 0.5) is 0 Å². The zero-order valence-electron chi connectivity index (χ0n) is 10.5. The van der Waals surface area contributed by atoms with Gasteiger partial charge in [0.15, 0.2) is 0 Å². The van der Waals surface area contributed by atoms with Crippen LogP contribution in [0.1, 0.15) is 30.7 Å². The lowest BCUT2D eigenvalue weighted by atomic mass is 10.0. The van der Waals surface area contributed by atoms with E-state index in [1.165, 1.54) is 4.88 Å². The van der Waals surface area contributed by atoms with Gasteiger partial charge in [0, 0.05) is 18.3 Å². The number of amides is 1. The lowest BCUT2D eigenvalue weighted by Crippen LogP contribution is -2.31. The maximum Gasteiger partial charge on any atom is 0.223 e. The Morgan fingerprint density at radius 1 is 1.71 bits per heavy atom. The maximum atomic E-state index is 12.1. The van der Waals surface area contributed by atoms with Crippen molar-refractivity contribution in [2.75, 3.05) is 20.1 Å².